The van der Waals surface area contributed by atoms with Crippen molar-refractivity contribution in [2.75, 3.05) is 41.8 Å². The van der Waals surface area contributed by atoms with Crippen LogP contribution >= 0.6 is 0 Å². The van der Waals surface area contributed by atoms with Crippen LogP contribution in [-0.4, -0.2) is 53.1 Å². The molecule has 1 aliphatic heterocycles. The molecule has 9 nitrogen and oxygen atoms in total. The van der Waals surface area contributed by atoms with E-state index in [1.807, 2.05) is 12.1 Å². The Morgan fingerprint density at radius 3 is 2.35 bits per heavy atom. The summed E-state index contributed by atoms with van der Waals surface area (Å²) < 4.78 is 45.0. The first-order valence-electron chi connectivity index (χ1n) is 13.4. The Hall–Kier alpha value is -5.10. The number of benzene rings is 2. The number of carbonyl (C=O) groups is 2. The number of halogens is 3. The summed E-state index contributed by atoms with van der Waals surface area (Å²) >= 11 is 0. The second kappa shape index (κ2) is 12.8. The van der Waals surface area contributed by atoms with Gasteiger partial charge >= 0.3 is 6.18 Å². The lowest BCUT2D eigenvalue weighted by Gasteiger charge is -2.27. The number of nitrogens with zero attached hydrogens (tertiary/aromatic N) is 4. The molecule has 1 fully saturated rings. The zero-order valence-corrected chi connectivity index (χ0v) is 23.1. The minimum atomic E-state index is -4.46. The minimum Gasteiger partial charge on any atom is -0.378 e. The number of hydrogen-bond acceptors (Lipinski definition) is 7. The van der Waals surface area contributed by atoms with Gasteiger partial charge in [-0.3, -0.25) is 14.9 Å². The van der Waals surface area contributed by atoms with Crippen LogP contribution in [0.15, 0.2) is 85.2 Å². The zero-order chi connectivity index (χ0) is 30.4. The average Bonchev–Trinajstić information content (AvgIpc) is 3.00. The molecule has 0 spiro atoms. The molecule has 43 heavy (non-hydrogen) atoms. The van der Waals surface area contributed by atoms with Crippen molar-refractivity contribution in [2.24, 2.45) is 0 Å². The van der Waals surface area contributed by atoms with Crippen LogP contribution in [0.25, 0.3) is 16.5 Å². The Labute approximate surface area is 245 Å². The topological polar surface area (TPSA) is 109 Å². The maximum atomic E-state index is 13.2. The van der Waals surface area contributed by atoms with Crippen molar-refractivity contribution >= 4 is 45.7 Å². The van der Waals surface area contributed by atoms with Gasteiger partial charge < -0.3 is 15.0 Å². The number of nitrogens with one attached hydrogen (secondary N) is 2. The average molecular weight is 589 g/mol. The smallest absolute Gasteiger partial charge is 0.378 e. The third-order valence-corrected chi connectivity index (χ3v) is 6.58. The van der Waals surface area contributed by atoms with Gasteiger partial charge in [0.15, 0.2) is 0 Å². The van der Waals surface area contributed by atoms with Crippen LogP contribution in [-0.2, 0) is 20.5 Å². The Bertz CT molecular complexity index is 1680. The van der Waals surface area contributed by atoms with Gasteiger partial charge in [-0.2, -0.15) is 13.2 Å². The molecule has 0 unspecified atom stereocenters. The summed E-state index contributed by atoms with van der Waals surface area (Å²) in [7, 11) is 0. The summed E-state index contributed by atoms with van der Waals surface area (Å²) in [6.07, 6.45) is 3.20. The van der Waals surface area contributed by atoms with Crippen LogP contribution in [0.3, 0.4) is 0 Å². The van der Waals surface area contributed by atoms with Gasteiger partial charge in [0.05, 0.1) is 30.0 Å². The van der Waals surface area contributed by atoms with Crippen molar-refractivity contribution < 1.29 is 27.5 Å². The van der Waals surface area contributed by atoms with E-state index in [1.165, 1.54) is 37.4 Å². The van der Waals surface area contributed by atoms with E-state index in [0.29, 0.717) is 59.6 Å². The van der Waals surface area contributed by atoms with Gasteiger partial charge in [-0.1, -0.05) is 36.4 Å². The number of pyridine rings is 1. The maximum absolute atomic E-state index is 13.2. The standard InChI is InChI=1S/C31H27F3N6O3/c1-20(41)37-30-36-19-23-4-2-6-26(29(23)39-30)38-28(42)7-3-5-25(21-8-11-24(12-9-21)31(32,33)34)22-10-13-27(35-18-22)40-14-16-43-17-15-40/h2-13,18-19H,14-17H2,1H3,(H,38,42)(H,36,37,39,41). The first-order valence-corrected chi connectivity index (χ1v) is 13.4. The Morgan fingerprint density at radius 1 is 0.930 bits per heavy atom. The number of ether oxygens (including phenoxy) is 1. The van der Waals surface area contributed by atoms with Crippen molar-refractivity contribution in [3.05, 3.63) is 102 Å². The number of para-hydroxylation sites is 1. The number of carbonyl (C=O) groups excluding carboxylic acids is 2. The monoisotopic (exact) mass is 588 g/mol. The summed E-state index contributed by atoms with van der Waals surface area (Å²) in [5.74, 6) is 0.0882. The molecule has 1 saturated heterocycles. The molecule has 0 aliphatic carbocycles. The van der Waals surface area contributed by atoms with Crippen molar-refractivity contribution in [1.29, 1.82) is 0 Å². The van der Waals surface area contributed by atoms with Gasteiger partial charge in [0.25, 0.3) is 0 Å². The number of fused-ring (bicyclic) bond motifs is 1. The van der Waals surface area contributed by atoms with Crippen LogP contribution in [0.5, 0.6) is 0 Å². The van der Waals surface area contributed by atoms with Crippen molar-refractivity contribution in [3.8, 4) is 0 Å². The van der Waals surface area contributed by atoms with Gasteiger partial charge in [-0.15, -0.1) is 0 Å². The van der Waals surface area contributed by atoms with E-state index in [-0.39, 0.29) is 11.9 Å². The van der Waals surface area contributed by atoms with Gasteiger partial charge in [-0.05, 0) is 41.5 Å². The molecule has 2 N–H and O–H groups in total. The molecular formula is C31H27F3N6O3. The number of amides is 2. The van der Waals surface area contributed by atoms with Crippen molar-refractivity contribution in [2.45, 2.75) is 13.1 Å². The summed E-state index contributed by atoms with van der Waals surface area (Å²) in [4.78, 5) is 39.3. The molecule has 0 radical (unpaired) electrons. The minimum absolute atomic E-state index is 0.106. The highest BCUT2D eigenvalue weighted by atomic mass is 19.4. The van der Waals surface area contributed by atoms with Gasteiger partial charge in [-0.25, -0.2) is 15.0 Å². The van der Waals surface area contributed by atoms with Crippen molar-refractivity contribution in [1.82, 2.24) is 15.0 Å². The molecule has 12 heteroatoms. The number of allylic oxidation sites excluding steroid dienone is 2. The largest absolute Gasteiger partial charge is 0.416 e. The molecule has 5 rings (SSSR count). The number of aromatic nitrogens is 3. The second-order valence-electron chi connectivity index (χ2n) is 9.63. The van der Waals surface area contributed by atoms with Crippen LogP contribution in [0.2, 0.25) is 0 Å². The zero-order valence-electron chi connectivity index (χ0n) is 23.1. The predicted octanol–water partition coefficient (Wildman–Crippen LogP) is 5.47. The summed E-state index contributed by atoms with van der Waals surface area (Å²) in [5.41, 5.74) is 1.86. The van der Waals surface area contributed by atoms with Crippen molar-refractivity contribution in [3.63, 3.8) is 0 Å². The second-order valence-corrected chi connectivity index (χ2v) is 9.63. The highest BCUT2D eigenvalue weighted by Crippen LogP contribution is 2.32. The lowest BCUT2D eigenvalue weighted by Crippen LogP contribution is -2.36. The number of anilines is 3. The van der Waals surface area contributed by atoms with Gasteiger partial charge in [0, 0.05) is 49.4 Å². The van der Waals surface area contributed by atoms with E-state index in [4.69, 9.17) is 4.74 Å². The van der Waals surface area contributed by atoms with Gasteiger partial charge in [0.2, 0.25) is 17.8 Å². The summed E-state index contributed by atoms with van der Waals surface area (Å²) in [6.45, 7) is 3.98. The molecule has 0 atom stereocenters. The molecule has 2 aromatic carbocycles. The van der Waals surface area contributed by atoms with E-state index in [2.05, 4.69) is 30.5 Å². The van der Waals surface area contributed by atoms with E-state index in [1.54, 1.807) is 30.5 Å². The van der Waals surface area contributed by atoms with Crippen LogP contribution < -0.4 is 15.5 Å². The Kier molecular flexibility index (Phi) is 8.77. The number of hydrogen-bond donors (Lipinski definition) is 2. The third kappa shape index (κ3) is 7.41. The molecule has 0 bridgehead atoms. The van der Waals surface area contributed by atoms with E-state index < -0.39 is 17.6 Å². The first-order chi connectivity index (χ1) is 20.7. The van der Waals surface area contributed by atoms with E-state index in [9.17, 15) is 22.8 Å². The molecular weight excluding hydrogens is 561 g/mol. The fourth-order valence-electron chi connectivity index (χ4n) is 4.50. The van der Waals surface area contributed by atoms with Gasteiger partial charge in [0.1, 0.15) is 5.82 Å². The molecule has 3 heterocycles. The quantitative estimate of drug-likeness (QED) is 0.218. The molecule has 1 aliphatic rings. The van der Waals surface area contributed by atoms with Crippen LogP contribution in [0.1, 0.15) is 23.6 Å². The fraction of sp³-hybridized carbons (Fsp3) is 0.194. The highest BCUT2D eigenvalue weighted by molar-refractivity contribution is 6.05. The number of alkyl halides is 3. The molecule has 4 aromatic rings. The number of morpholine rings is 1. The molecule has 2 aromatic heterocycles. The highest BCUT2D eigenvalue weighted by Gasteiger charge is 2.30. The lowest BCUT2D eigenvalue weighted by atomic mass is 9.97. The number of rotatable bonds is 7. The third-order valence-electron chi connectivity index (χ3n) is 6.58. The van der Waals surface area contributed by atoms with Crippen LogP contribution in [0.4, 0.5) is 30.6 Å². The summed E-state index contributed by atoms with van der Waals surface area (Å²) in [5, 5.41) is 5.95. The molecule has 0 saturated carbocycles. The normalized spacial score (nSPS) is 14.2. The first kappa shape index (κ1) is 29.4. The predicted molar refractivity (Wildman–Crippen MR) is 157 cm³/mol. The Morgan fingerprint density at radius 2 is 1.67 bits per heavy atom. The molecule has 2 amide bonds. The molecule has 220 valence electrons. The Balaban J connectivity index is 1.40. The lowest BCUT2D eigenvalue weighted by molar-refractivity contribution is -0.137. The maximum Gasteiger partial charge on any atom is 0.416 e. The fourth-order valence-corrected chi connectivity index (χ4v) is 4.50. The van der Waals surface area contributed by atoms with E-state index >= 15 is 0 Å². The SMILES string of the molecule is CC(=O)Nc1ncc2cccc(NC(=O)C=CC=C(c3ccc(C(F)(F)F)cc3)c3ccc(N4CCOCC4)nc3)c2n1. The van der Waals surface area contributed by atoms with Crippen LogP contribution in [0, 0.1) is 0 Å². The summed E-state index contributed by atoms with van der Waals surface area (Å²) in [6, 6.07) is 13.7. The van der Waals surface area contributed by atoms with E-state index in [0.717, 1.165) is 18.0 Å².